The lowest BCUT2D eigenvalue weighted by Crippen LogP contribution is -2.36. The highest BCUT2D eigenvalue weighted by Gasteiger charge is 2.30. The van der Waals surface area contributed by atoms with Crippen molar-refractivity contribution in [1.82, 2.24) is 25.3 Å². The van der Waals surface area contributed by atoms with Gasteiger partial charge in [0.2, 0.25) is 0 Å². The van der Waals surface area contributed by atoms with Gasteiger partial charge in [-0.3, -0.25) is 15.1 Å². The zero-order valence-electron chi connectivity index (χ0n) is 20.4. The van der Waals surface area contributed by atoms with E-state index in [1.807, 2.05) is 37.3 Å². The number of benzene rings is 1. The summed E-state index contributed by atoms with van der Waals surface area (Å²) in [5, 5.41) is 5.97. The highest BCUT2D eigenvalue weighted by molar-refractivity contribution is 7.22. The molecule has 0 aliphatic carbocycles. The number of nitrogens with one attached hydrogen (secondary N) is 2. The van der Waals surface area contributed by atoms with Crippen LogP contribution >= 0.6 is 11.3 Å². The number of anilines is 1. The summed E-state index contributed by atoms with van der Waals surface area (Å²) in [6.45, 7) is 7.35. The van der Waals surface area contributed by atoms with E-state index in [4.69, 9.17) is 10.5 Å². The first-order valence-corrected chi connectivity index (χ1v) is 12.2. The standard InChI is InChI=1S/C25H27N7O3S/c1-5-27-23(34)32-24-31-19-11-15(10-17(20(19)36-24)18-8-6-7-9-28-18)16-12-29-22(30-13-16)25(3,4)35-21(33)14(2)26/h6-14H,5,26H2,1-4H3,(H2,27,31,32,34). The second-order valence-corrected chi connectivity index (χ2v) is 9.61. The molecule has 1 unspecified atom stereocenters. The van der Waals surface area contributed by atoms with Crippen LogP contribution in [0.1, 0.15) is 33.5 Å². The van der Waals surface area contributed by atoms with E-state index in [2.05, 4.69) is 30.6 Å². The molecule has 0 spiro atoms. The maximum atomic E-state index is 12.0. The van der Waals surface area contributed by atoms with Gasteiger partial charge in [0.25, 0.3) is 0 Å². The normalized spacial score (nSPS) is 12.2. The fourth-order valence-corrected chi connectivity index (χ4v) is 4.41. The Morgan fingerprint density at radius 2 is 1.89 bits per heavy atom. The molecule has 0 fully saturated rings. The van der Waals surface area contributed by atoms with Gasteiger partial charge < -0.3 is 15.8 Å². The van der Waals surface area contributed by atoms with Crippen molar-refractivity contribution in [2.45, 2.75) is 39.3 Å². The molecule has 1 aromatic carbocycles. The molecule has 3 heterocycles. The first-order valence-electron chi connectivity index (χ1n) is 11.4. The summed E-state index contributed by atoms with van der Waals surface area (Å²) in [4.78, 5) is 42.1. The third-order valence-electron chi connectivity index (χ3n) is 5.24. The summed E-state index contributed by atoms with van der Waals surface area (Å²) >= 11 is 1.38. The zero-order chi connectivity index (χ0) is 25.9. The average molecular weight is 506 g/mol. The summed E-state index contributed by atoms with van der Waals surface area (Å²) in [5.74, 6) is -0.174. The summed E-state index contributed by atoms with van der Waals surface area (Å²) in [5.41, 5.74) is 8.52. The van der Waals surface area contributed by atoms with Gasteiger partial charge in [-0.2, -0.15) is 0 Å². The average Bonchev–Trinajstić information content (AvgIpc) is 3.26. The van der Waals surface area contributed by atoms with Crippen LogP contribution < -0.4 is 16.4 Å². The number of aromatic nitrogens is 4. The molecular formula is C25H27N7O3S. The molecule has 36 heavy (non-hydrogen) atoms. The van der Waals surface area contributed by atoms with E-state index in [9.17, 15) is 9.59 Å². The summed E-state index contributed by atoms with van der Waals surface area (Å²) in [6, 6.07) is 8.55. The van der Waals surface area contributed by atoms with Crippen molar-refractivity contribution in [3.8, 4) is 22.4 Å². The van der Waals surface area contributed by atoms with Crippen LogP contribution in [-0.4, -0.2) is 44.5 Å². The number of nitrogens with two attached hydrogens (primary N) is 1. The van der Waals surface area contributed by atoms with Gasteiger partial charge in [0.05, 0.1) is 15.9 Å². The number of nitrogens with zero attached hydrogens (tertiary/aromatic N) is 4. The molecule has 4 aromatic rings. The smallest absolute Gasteiger partial charge is 0.323 e. The van der Waals surface area contributed by atoms with Gasteiger partial charge in [-0.25, -0.2) is 19.7 Å². The van der Waals surface area contributed by atoms with Crippen LogP contribution in [0.2, 0.25) is 0 Å². The third-order valence-corrected chi connectivity index (χ3v) is 6.26. The van der Waals surface area contributed by atoms with E-state index in [1.54, 1.807) is 39.4 Å². The van der Waals surface area contributed by atoms with E-state index in [0.29, 0.717) is 23.0 Å². The van der Waals surface area contributed by atoms with E-state index < -0.39 is 17.6 Å². The molecular weight excluding hydrogens is 478 g/mol. The van der Waals surface area contributed by atoms with Crippen molar-refractivity contribution in [1.29, 1.82) is 0 Å². The Kier molecular flexibility index (Phi) is 7.22. The number of pyridine rings is 1. The Hall–Kier alpha value is -3.96. The van der Waals surface area contributed by atoms with Crippen molar-refractivity contribution >= 4 is 38.7 Å². The lowest BCUT2D eigenvalue weighted by atomic mass is 10.0. The Bertz CT molecular complexity index is 1390. The van der Waals surface area contributed by atoms with Gasteiger partial charge in [-0.1, -0.05) is 17.4 Å². The molecule has 4 rings (SSSR count). The number of fused-ring (bicyclic) bond motifs is 1. The van der Waals surface area contributed by atoms with Gasteiger partial charge in [-0.05, 0) is 57.5 Å². The Morgan fingerprint density at radius 1 is 1.14 bits per heavy atom. The number of carbonyl (C=O) groups excluding carboxylic acids is 2. The number of amides is 2. The first kappa shape index (κ1) is 25.1. The van der Waals surface area contributed by atoms with Crippen molar-refractivity contribution in [3.05, 3.63) is 54.7 Å². The maximum absolute atomic E-state index is 12.0. The molecule has 186 valence electrons. The second kappa shape index (κ2) is 10.3. The van der Waals surface area contributed by atoms with Crippen LogP contribution in [-0.2, 0) is 15.1 Å². The highest BCUT2D eigenvalue weighted by atomic mass is 32.1. The molecule has 0 aliphatic rings. The monoisotopic (exact) mass is 505 g/mol. The molecule has 10 nitrogen and oxygen atoms in total. The minimum Gasteiger partial charge on any atom is -0.450 e. The molecule has 0 saturated heterocycles. The van der Waals surface area contributed by atoms with Crippen LogP contribution in [0.3, 0.4) is 0 Å². The largest absolute Gasteiger partial charge is 0.450 e. The van der Waals surface area contributed by atoms with E-state index in [0.717, 1.165) is 27.1 Å². The van der Waals surface area contributed by atoms with Crippen molar-refractivity contribution in [2.24, 2.45) is 5.73 Å². The van der Waals surface area contributed by atoms with Crippen LogP contribution in [0.5, 0.6) is 0 Å². The minimum atomic E-state index is -1.04. The fourth-order valence-electron chi connectivity index (χ4n) is 3.45. The minimum absolute atomic E-state index is 0.313. The predicted octanol–water partition coefficient (Wildman–Crippen LogP) is 4.08. The van der Waals surface area contributed by atoms with E-state index in [1.165, 1.54) is 11.3 Å². The molecule has 2 amide bonds. The Balaban J connectivity index is 1.73. The van der Waals surface area contributed by atoms with Gasteiger partial charge >= 0.3 is 12.0 Å². The molecule has 4 N–H and O–H groups in total. The number of hydrogen-bond donors (Lipinski definition) is 3. The Labute approximate surface area is 212 Å². The SMILES string of the molecule is CCNC(=O)Nc1nc2cc(-c3cnc(C(C)(C)OC(=O)C(C)N)nc3)cc(-c3ccccn3)c2s1. The lowest BCUT2D eigenvalue weighted by molar-refractivity contribution is -0.159. The number of ether oxygens (including phenoxy) is 1. The summed E-state index contributed by atoms with van der Waals surface area (Å²) < 4.78 is 6.37. The number of rotatable bonds is 7. The lowest BCUT2D eigenvalue weighted by Gasteiger charge is -2.24. The van der Waals surface area contributed by atoms with E-state index >= 15 is 0 Å². The predicted molar refractivity (Wildman–Crippen MR) is 139 cm³/mol. The van der Waals surface area contributed by atoms with Gasteiger partial charge in [0, 0.05) is 36.3 Å². The number of thiazole rings is 1. The third kappa shape index (κ3) is 5.47. The van der Waals surface area contributed by atoms with Crippen LogP contribution in [0.4, 0.5) is 9.93 Å². The Morgan fingerprint density at radius 3 is 2.53 bits per heavy atom. The highest BCUT2D eigenvalue weighted by Crippen LogP contribution is 2.38. The second-order valence-electron chi connectivity index (χ2n) is 8.61. The number of hydrogen-bond acceptors (Lipinski definition) is 9. The fraction of sp³-hybridized carbons (Fsp3) is 0.280. The zero-order valence-corrected chi connectivity index (χ0v) is 21.2. The molecule has 1 atom stereocenters. The number of carbonyl (C=O) groups is 2. The quantitative estimate of drug-likeness (QED) is 0.319. The topological polar surface area (TPSA) is 145 Å². The number of urea groups is 1. The van der Waals surface area contributed by atoms with Gasteiger partial charge in [-0.15, -0.1) is 0 Å². The molecule has 0 radical (unpaired) electrons. The van der Waals surface area contributed by atoms with Crippen molar-refractivity contribution in [3.63, 3.8) is 0 Å². The number of esters is 1. The van der Waals surface area contributed by atoms with Crippen LogP contribution in [0.25, 0.3) is 32.6 Å². The van der Waals surface area contributed by atoms with Crippen LogP contribution in [0, 0.1) is 0 Å². The van der Waals surface area contributed by atoms with Crippen molar-refractivity contribution in [2.75, 3.05) is 11.9 Å². The van der Waals surface area contributed by atoms with Crippen LogP contribution in [0.15, 0.2) is 48.9 Å². The van der Waals surface area contributed by atoms with E-state index in [-0.39, 0.29) is 6.03 Å². The van der Waals surface area contributed by atoms with Gasteiger partial charge in [0.15, 0.2) is 16.6 Å². The maximum Gasteiger partial charge on any atom is 0.323 e. The summed E-state index contributed by atoms with van der Waals surface area (Å²) in [6.07, 6.45) is 5.08. The molecule has 3 aromatic heterocycles. The van der Waals surface area contributed by atoms with Crippen molar-refractivity contribution < 1.29 is 14.3 Å². The molecule has 0 aliphatic heterocycles. The first-order chi connectivity index (χ1) is 17.2. The van der Waals surface area contributed by atoms with Gasteiger partial charge in [0.1, 0.15) is 6.04 Å². The molecule has 0 saturated carbocycles. The molecule has 0 bridgehead atoms. The summed E-state index contributed by atoms with van der Waals surface area (Å²) in [7, 11) is 0. The molecule has 11 heteroatoms.